The fourth-order valence-corrected chi connectivity index (χ4v) is 5.76. The van der Waals surface area contributed by atoms with Crippen LogP contribution in [0.4, 0.5) is 5.82 Å². The number of fused-ring (bicyclic) bond motifs is 1. The number of anilines is 1. The summed E-state index contributed by atoms with van der Waals surface area (Å²) < 4.78 is 27.9. The Bertz CT molecular complexity index is 944. The number of sulfonamides is 1. The molecule has 2 aromatic heterocycles. The van der Waals surface area contributed by atoms with Crippen molar-refractivity contribution in [3.8, 4) is 6.07 Å². The topological polar surface area (TPSA) is 115 Å². The zero-order valence-electron chi connectivity index (χ0n) is 14.6. The monoisotopic (exact) mass is 374 g/mol. The number of rotatable bonds is 5. The molecule has 4 rings (SSSR count). The maximum Gasteiger partial charge on any atom is 0.214 e. The normalized spacial score (nSPS) is 28.6. The molecule has 0 aromatic carbocycles. The second-order valence-electron chi connectivity index (χ2n) is 7.29. The molecule has 2 atom stereocenters. The summed E-state index contributed by atoms with van der Waals surface area (Å²) in [6.07, 6.45) is 6.59. The highest BCUT2D eigenvalue weighted by Crippen LogP contribution is 2.34. The molecule has 8 nitrogen and oxygen atoms in total. The lowest BCUT2D eigenvalue weighted by atomic mass is 9.86. The molecule has 2 fully saturated rings. The molecule has 2 aliphatic rings. The van der Waals surface area contributed by atoms with Crippen LogP contribution in [-0.4, -0.2) is 47.8 Å². The van der Waals surface area contributed by atoms with Crippen LogP contribution in [0.5, 0.6) is 0 Å². The van der Waals surface area contributed by atoms with E-state index in [1.54, 1.807) is 0 Å². The third-order valence-corrected chi connectivity index (χ3v) is 7.63. The predicted octanol–water partition coefficient (Wildman–Crippen LogP) is 1.54. The van der Waals surface area contributed by atoms with Gasteiger partial charge in [-0.15, -0.1) is 0 Å². The van der Waals surface area contributed by atoms with E-state index >= 15 is 0 Å². The lowest BCUT2D eigenvalue weighted by Gasteiger charge is -2.42. The average Bonchev–Trinajstić information content (AvgIpc) is 3.25. The van der Waals surface area contributed by atoms with Crippen LogP contribution in [0.2, 0.25) is 0 Å². The minimum Gasteiger partial charge on any atom is -0.356 e. The first-order valence-corrected chi connectivity index (χ1v) is 10.4. The molecule has 0 spiro atoms. The molecule has 2 N–H and O–H groups in total. The van der Waals surface area contributed by atoms with Gasteiger partial charge in [0.1, 0.15) is 17.8 Å². The van der Waals surface area contributed by atoms with Gasteiger partial charge in [-0.2, -0.15) is 5.26 Å². The fraction of sp³-hybridized carbons (Fsp3) is 0.588. The summed E-state index contributed by atoms with van der Waals surface area (Å²) in [5, 5.41) is 9.51. The van der Waals surface area contributed by atoms with Crippen LogP contribution in [0.3, 0.4) is 0 Å². The van der Waals surface area contributed by atoms with Gasteiger partial charge in [-0.05, 0) is 38.2 Å². The van der Waals surface area contributed by atoms with E-state index in [0.717, 1.165) is 29.7 Å². The Hall–Kier alpha value is -2.18. The number of aromatic amines is 1. The van der Waals surface area contributed by atoms with Gasteiger partial charge in [0.05, 0.1) is 16.7 Å². The Morgan fingerprint density at radius 1 is 1.31 bits per heavy atom. The lowest BCUT2D eigenvalue weighted by molar-refractivity contribution is 0.315. The zero-order chi connectivity index (χ0) is 18.3. The van der Waals surface area contributed by atoms with E-state index in [1.807, 2.05) is 19.3 Å². The summed E-state index contributed by atoms with van der Waals surface area (Å²) in [6.45, 7) is 0. The van der Waals surface area contributed by atoms with Crippen LogP contribution in [-0.2, 0) is 10.0 Å². The van der Waals surface area contributed by atoms with Crippen molar-refractivity contribution in [1.82, 2.24) is 19.7 Å². The Kier molecular flexibility index (Phi) is 4.32. The van der Waals surface area contributed by atoms with Crippen molar-refractivity contribution in [2.75, 3.05) is 11.9 Å². The van der Waals surface area contributed by atoms with Crippen LogP contribution in [0.1, 0.15) is 32.1 Å². The predicted molar refractivity (Wildman–Crippen MR) is 97.9 cm³/mol. The molecule has 2 aromatic rings. The van der Waals surface area contributed by atoms with Crippen LogP contribution in [0.15, 0.2) is 18.6 Å². The molecule has 0 unspecified atom stereocenters. The van der Waals surface area contributed by atoms with Gasteiger partial charge in [0.15, 0.2) is 0 Å². The van der Waals surface area contributed by atoms with Gasteiger partial charge in [-0.1, -0.05) is 0 Å². The van der Waals surface area contributed by atoms with E-state index in [0.29, 0.717) is 19.3 Å². The number of nitrogens with one attached hydrogen (secondary N) is 2. The third-order valence-electron chi connectivity index (χ3n) is 5.66. The van der Waals surface area contributed by atoms with Crippen molar-refractivity contribution < 1.29 is 8.42 Å². The zero-order valence-corrected chi connectivity index (χ0v) is 15.4. The molecule has 9 heteroatoms. The standard InChI is InChI=1S/C17H22N6O2S/c1-23(17-15-4-5-19-16(15)20-10-21-17)13-7-12(8-13)22-26(24,25)14-3-2-11(6-14)9-18/h4-5,10-14,22H,2-3,6-8H2,1H3,(H,19,20,21)/t11-,12?,13?,14+/m1/s1. The van der Waals surface area contributed by atoms with Crippen molar-refractivity contribution in [1.29, 1.82) is 5.26 Å². The first-order valence-electron chi connectivity index (χ1n) is 8.89. The van der Waals surface area contributed by atoms with Gasteiger partial charge in [0.25, 0.3) is 0 Å². The van der Waals surface area contributed by atoms with E-state index in [1.165, 1.54) is 6.33 Å². The quantitative estimate of drug-likeness (QED) is 0.820. The smallest absolute Gasteiger partial charge is 0.214 e. The molecular weight excluding hydrogens is 352 g/mol. The maximum atomic E-state index is 12.5. The first-order chi connectivity index (χ1) is 12.5. The second kappa shape index (κ2) is 6.52. The van der Waals surface area contributed by atoms with E-state index in [4.69, 9.17) is 5.26 Å². The van der Waals surface area contributed by atoms with E-state index in [-0.39, 0.29) is 18.0 Å². The number of nitrogens with zero attached hydrogens (tertiary/aromatic N) is 4. The Balaban J connectivity index is 1.37. The minimum atomic E-state index is -3.35. The van der Waals surface area contributed by atoms with Crippen molar-refractivity contribution in [2.24, 2.45) is 5.92 Å². The molecule has 0 saturated heterocycles. The number of nitriles is 1. The van der Waals surface area contributed by atoms with Crippen LogP contribution >= 0.6 is 0 Å². The van der Waals surface area contributed by atoms with E-state index in [2.05, 4.69) is 30.6 Å². The number of aromatic nitrogens is 3. The number of hydrogen-bond donors (Lipinski definition) is 2. The Labute approximate surface area is 152 Å². The lowest BCUT2D eigenvalue weighted by Crippen LogP contribution is -2.54. The summed E-state index contributed by atoms with van der Waals surface area (Å²) in [7, 11) is -1.37. The molecule has 2 heterocycles. The van der Waals surface area contributed by atoms with Crippen LogP contribution in [0.25, 0.3) is 11.0 Å². The van der Waals surface area contributed by atoms with Crippen LogP contribution < -0.4 is 9.62 Å². The Morgan fingerprint density at radius 3 is 2.85 bits per heavy atom. The average molecular weight is 374 g/mol. The first kappa shape index (κ1) is 17.2. The fourth-order valence-electron chi connectivity index (χ4n) is 3.98. The van der Waals surface area contributed by atoms with E-state index < -0.39 is 15.3 Å². The van der Waals surface area contributed by atoms with Gasteiger partial charge in [-0.25, -0.2) is 23.1 Å². The summed E-state index contributed by atoms with van der Waals surface area (Å²) in [5.74, 6) is 0.730. The molecule has 138 valence electrons. The summed E-state index contributed by atoms with van der Waals surface area (Å²) in [4.78, 5) is 13.8. The highest BCUT2D eigenvalue weighted by atomic mass is 32.2. The van der Waals surface area contributed by atoms with Gasteiger partial charge in [0, 0.05) is 31.2 Å². The number of H-pyrrole nitrogens is 1. The summed E-state index contributed by atoms with van der Waals surface area (Å²) in [6, 6.07) is 4.33. The van der Waals surface area contributed by atoms with E-state index in [9.17, 15) is 8.42 Å². The van der Waals surface area contributed by atoms with Gasteiger partial charge in [-0.3, -0.25) is 0 Å². The van der Waals surface area contributed by atoms with Crippen LogP contribution in [0, 0.1) is 17.2 Å². The molecular formula is C17H22N6O2S. The molecule has 26 heavy (non-hydrogen) atoms. The molecule has 0 bridgehead atoms. The molecule has 0 aliphatic heterocycles. The summed E-state index contributed by atoms with van der Waals surface area (Å²) >= 11 is 0. The molecule has 0 radical (unpaired) electrons. The third kappa shape index (κ3) is 3.04. The molecule has 0 amide bonds. The molecule has 2 saturated carbocycles. The second-order valence-corrected chi connectivity index (χ2v) is 9.29. The Morgan fingerprint density at radius 2 is 2.12 bits per heavy atom. The van der Waals surface area contributed by atoms with Gasteiger partial charge >= 0.3 is 0 Å². The number of hydrogen-bond acceptors (Lipinski definition) is 6. The largest absolute Gasteiger partial charge is 0.356 e. The highest BCUT2D eigenvalue weighted by Gasteiger charge is 2.40. The molecule has 2 aliphatic carbocycles. The highest BCUT2D eigenvalue weighted by molar-refractivity contribution is 7.90. The summed E-state index contributed by atoms with van der Waals surface area (Å²) in [5.41, 5.74) is 0.798. The van der Waals surface area contributed by atoms with Gasteiger partial charge < -0.3 is 9.88 Å². The van der Waals surface area contributed by atoms with Crippen molar-refractivity contribution >= 4 is 26.9 Å². The van der Waals surface area contributed by atoms with Crippen molar-refractivity contribution in [2.45, 2.75) is 49.4 Å². The minimum absolute atomic E-state index is 0.0443. The maximum absolute atomic E-state index is 12.5. The SMILES string of the molecule is CN(c1ncnc2[nH]ccc12)C1CC(NS(=O)(=O)[C@H]2CC[C@@H](C#N)C2)C1. The van der Waals surface area contributed by atoms with Crippen molar-refractivity contribution in [3.05, 3.63) is 18.6 Å². The van der Waals surface area contributed by atoms with Gasteiger partial charge in [0.2, 0.25) is 10.0 Å². The van der Waals surface area contributed by atoms with Crippen molar-refractivity contribution in [3.63, 3.8) is 0 Å².